The van der Waals surface area contributed by atoms with Crippen LogP contribution < -0.4 is 5.73 Å². The summed E-state index contributed by atoms with van der Waals surface area (Å²) >= 11 is 0. The molecule has 2 rings (SSSR count). The molecule has 1 heterocycles. The number of hydrogen-bond acceptors (Lipinski definition) is 3. The standard InChI is InChI=1S/C13H13FN2OS/c14-12-9-11(1-2-13(12)15)18(17)8-5-10-3-6-16-7-4-10/h1-4,6-7,9H,5,8,15H2. The molecule has 0 aliphatic rings. The third-order valence-corrected chi connectivity index (χ3v) is 3.91. The van der Waals surface area contributed by atoms with Crippen molar-refractivity contribution in [2.45, 2.75) is 11.3 Å². The maximum atomic E-state index is 13.2. The summed E-state index contributed by atoms with van der Waals surface area (Å²) in [4.78, 5) is 4.38. The van der Waals surface area contributed by atoms with Gasteiger partial charge in [0.1, 0.15) is 5.82 Å². The third-order valence-electron chi connectivity index (χ3n) is 2.56. The summed E-state index contributed by atoms with van der Waals surface area (Å²) in [7, 11) is -1.22. The van der Waals surface area contributed by atoms with E-state index in [1.54, 1.807) is 18.5 Å². The van der Waals surface area contributed by atoms with E-state index >= 15 is 0 Å². The Kier molecular flexibility index (Phi) is 4.04. The second-order valence-electron chi connectivity index (χ2n) is 3.84. The Balaban J connectivity index is 2.02. The Labute approximate surface area is 107 Å². The van der Waals surface area contributed by atoms with Crippen LogP contribution in [0.3, 0.4) is 0 Å². The van der Waals surface area contributed by atoms with Gasteiger partial charge in [0, 0.05) is 23.0 Å². The average molecular weight is 264 g/mol. The van der Waals surface area contributed by atoms with E-state index < -0.39 is 16.6 Å². The summed E-state index contributed by atoms with van der Waals surface area (Å²) in [5, 5.41) is 0. The molecule has 0 saturated heterocycles. The van der Waals surface area contributed by atoms with E-state index in [1.807, 2.05) is 12.1 Å². The van der Waals surface area contributed by atoms with Crippen molar-refractivity contribution < 1.29 is 8.60 Å². The van der Waals surface area contributed by atoms with Crippen LogP contribution in [0.2, 0.25) is 0 Å². The van der Waals surface area contributed by atoms with Gasteiger partial charge in [-0.1, -0.05) is 0 Å². The highest BCUT2D eigenvalue weighted by atomic mass is 32.2. The molecule has 0 aliphatic carbocycles. The first-order chi connectivity index (χ1) is 8.66. The van der Waals surface area contributed by atoms with Gasteiger partial charge in [-0.2, -0.15) is 0 Å². The normalized spacial score (nSPS) is 12.3. The third kappa shape index (κ3) is 3.13. The number of hydrogen-bond donors (Lipinski definition) is 1. The molecule has 3 nitrogen and oxygen atoms in total. The van der Waals surface area contributed by atoms with E-state index in [0.717, 1.165) is 5.56 Å². The van der Waals surface area contributed by atoms with Crippen LogP contribution in [-0.4, -0.2) is 14.9 Å². The molecule has 1 unspecified atom stereocenters. The summed E-state index contributed by atoms with van der Waals surface area (Å²) in [6.07, 6.45) is 4.06. The number of aryl methyl sites for hydroxylation is 1. The lowest BCUT2D eigenvalue weighted by Gasteiger charge is -2.04. The highest BCUT2D eigenvalue weighted by molar-refractivity contribution is 7.85. The first-order valence-electron chi connectivity index (χ1n) is 5.49. The summed E-state index contributed by atoms with van der Waals surface area (Å²) in [6.45, 7) is 0. The van der Waals surface area contributed by atoms with E-state index in [0.29, 0.717) is 17.1 Å². The van der Waals surface area contributed by atoms with Crippen molar-refractivity contribution in [2.24, 2.45) is 0 Å². The van der Waals surface area contributed by atoms with E-state index in [1.165, 1.54) is 12.1 Å². The van der Waals surface area contributed by atoms with Crippen LogP contribution in [-0.2, 0) is 17.2 Å². The number of aromatic nitrogens is 1. The second kappa shape index (κ2) is 5.73. The second-order valence-corrected chi connectivity index (χ2v) is 5.41. The number of nitrogen functional groups attached to an aromatic ring is 1. The Hall–Kier alpha value is -1.75. The number of nitrogens with zero attached hydrogens (tertiary/aromatic N) is 1. The van der Waals surface area contributed by atoms with Gasteiger partial charge in [0.2, 0.25) is 0 Å². The number of nitrogens with two attached hydrogens (primary N) is 1. The van der Waals surface area contributed by atoms with Crippen LogP contribution in [0.15, 0.2) is 47.6 Å². The zero-order valence-corrected chi connectivity index (χ0v) is 10.5. The van der Waals surface area contributed by atoms with Crippen LogP contribution in [0.25, 0.3) is 0 Å². The van der Waals surface area contributed by atoms with Crippen molar-refractivity contribution in [3.8, 4) is 0 Å². The van der Waals surface area contributed by atoms with Crippen molar-refractivity contribution in [3.63, 3.8) is 0 Å². The van der Waals surface area contributed by atoms with Gasteiger partial charge in [-0.05, 0) is 42.3 Å². The molecule has 1 aromatic heterocycles. The summed E-state index contributed by atoms with van der Waals surface area (Å²) in [6, 6.07) is 8.02. The Bertz CT molecular complexity index is 560. The molecule has 0 saturated carbocycles. The minimum absolute atomic E-state index is 0.0740. The lowest BCUT2D eigenvalue weighted by molar-refractivity contribution is 0.627. The molecule has 1 atom stereocenters. The number of benzene rings is 1. The summed E-state index contributed by atoms with van der Waals surface area (Å²) in [5.41, 5.74) is 6.51. The van der Waals surface area contributed by atoms with Gasteiger partial charge in [-0.25, -0.2) is 4.39 Å². The molecule has 0 bridgehead atoms. The molecule has 2 N–H and O–H groups in total. The van der Waals surface area contributed by atoms with Gasteiger partial charge in [0.25, 0.3) is 0 Å². The van der Waals surface area contributed by atoms with Crippen molar-refractivity contribution in [2.75, 3.05) is 11.5 Å². The lowest BCUT2D eigenvalue weighted by atomic mass is 10.2. The Morgan fingerprint density at radius 1 is 1.22 bits per heavy atom. The largest absolute Gasteiger partial charge is 0.396 e. The minimum Gasteiger partial charge on any atom is -0.396 e. The minimum atomic E-state index is -1.22. The zero-order valence-electron chi connectivity index (χ0n) is 9.67. The summed E-state index contributed by atoms with van der Waals surface area (Å²) in [5.74, 6) is -0.0716. The van der Waals surface area contributed by atoms with Crippen LogP contribution in [0, 0.1) is 5.82 Å². The molecule has 1 aromatic carbocycles. The molecule has 94 valence electrons. The molecule has 0 amide bonds. The van der Waals surface area contributed by atoms with Gasteiger partial charge in [0.15, 0.2) is 0 Å². The van der Waals surface area contributed by atoms with Crippen molar-refractivity contribution >= 4 is 16.5 Å². The van der Waals surface area contributed by atoms with Crippen LogP contribution in [0.4, 0.5) is 10.1 Å². The zero-order chi connectivity index (χ0) is 13.0. The van der Waals surface area contributed by atoms with Crippen molar-refractivity contribution in [3.05, 3.63) is 54.1 Å². The molecule has 2 aromatic rings. The maximum absolute atomic E-state index is 13.2. The van der Waals surface area contributed by atoms with E-state index in [4.69, 9.17) is 5.73 Å². The van der Waals surface area contributed by atoms with E-state index in [-0.39, 0.29) is 5.69 Å². The number of halogens is 1. The SMILES string of the molecule is Nc1ccc(S(=O)CCc2ccncc2)cc1F. The summed E-state index contributed by atoms with van der Waals surface area (Å²) < 4.78 is 25.2. The molecular formula is C13H13FN2OS. The molecule has 0 radical (unpaired) electrons. The molecular weight excluding hydrogens is 251 g/mol. The van der Waals surface area contributed by atoms with E-state index in [2.05, 4.69) is 4.98 Å². The molecule has 18 heavy (non-hydrogen) atoms. The fourth-order valence-electron chi connectivity index (χ4n) is 1.53. The Morgan fingerprint density at radius 3 is 2.61 bits per heavy atom. The van der Waals surface area contributed by atoms with Gasteiger partial charge in [-0.3, -0.25) is 9.19 Å². The van der Waals surface area contributed by atoms with Gasteiger partial charge in [-0.15, -0.1) is 0 Å². The predicted molar refractivity (Wildman–Crippen MR) is 70.0 cm³/mol. The first-order valence-corrected chi connectivity index (χ1v) is 6.81. The molecule has 5 heteroatoms. The molecule has 0 fully saturated rings. The van der Waals surface area contributed by atoms with Crippen molar-refractivity contribution in [1.82, 2.24) is 4.98 Å². The monoisotopic (exact) mass is 264 g/mol. The topological polar surface area (TPSA) is 56.0 Å². The number of rotatable bonds is 4. The van der Waals surface area contributed by atoms with Crippen LogP contribution in [0.5, 0.6) is 0 Å². The average Bonchev–Trinajstić information content (AvgIpc) is 2.40. The molecule has 0 spiro atoms. The lowest BCUT2D eigenvalue weighted by Crippen LogP contribution is -2.03. The fourth-order valence-corrected chi connectivity index (χ4v) is 2.64. The van der Waals surface area contributed by atoms with Crippen LogP contribution in [0.1, 0.15) is 5.56 Å². The van der Waals surface area contributed by atoms with Crippen LogP contribution >= 0.6 is 0 Å². The smallest absolute Gasteiger partial charge is 0.147 e. The maximum Gasteiger partial charge on any atom is 0.147 e. The first kappa shape index (κ1) is 12.7. The van der Waals surface area contributed by atoms with Crippen molar-refractivity contribution in [1.29, 1.82) is 0 Å². The molecule has 0 aliphatic heterocycles. The van der Waals surface area contributed by atoms with E-state index in [9.17, 15) is 8.60 Å². The highest BCUT2D eigenvalue weighted by Gasteiger charge is 2.07. The predicted octanol–water partition coefficient (Wildman–Crippen LogP) is 2.15. The quantitative estimate of drug-likeness (QED) is 0.861. The number of anilines is 1. The highest BCUT2D eigenvalue weighted by Crippen LogP contribution is 2.15. The van der Waals surface area contributed by atoms with Gasteiger partial charge < -0.3 is 5.73 Å². The number of pyridine rings is 1. The van der Waals surface area contributed by atoms with Gasteiger partial charge in [0.05, 0.1) is 16.5 Å². The van der Waals surface area contributed by atoms with Gasteiger partial charge >= 0.3 is 0 Å². The Morgan fingerprint density at radius 2 is 1.94 bits per heavy atom. The fraction of sp³-hybridized carbons (Fsp3) is 0.154.